The molecule has 1 aliphatic rings. The van der Waals surface area contributed by atoms with Gasteiger partial charge in [-0.25, -0.2) is 0 Å². The molecule has 1 fully saturated rings. The summed E-state index contributed by atoms with van der Waals surface area (Å²) in [6.07, 6.45) is 3.07. The fraction of sp³-hybridized carbons (Fsp3) is 0.500. The van der Waals surface area contributed by atoms with Crippen LogP contribution in [0.4, 0.5) is 0 Å². The standard InChI is InChI=1S/C16H23N3O2/c1-10-6-7-12(8-11(10)2)9-15(20)18-14-5-3-4-13(14)16(17)19-21/h6-8,13-14,21H,3-5,9H2,1-2H3,(H2,17,19)(H,18,20). The highest BCUT2D eigenvalue weighted by Gasteiger charge is 2.31. The topological polar surface area (TPSA) is 87.7 Å². The zero-order chi connectivity index (χ0) is 15.4. The van der Waals surface area contributed by atoms with Gasteiger partial charge in [0.1, 0.15) is 5.84 Å². The van der Waals surface area contributed by atoms with Crippen LogP contribution >= 0.6 is 0 Å². The summed E-state index contributed by atoms with van der Waals surface area (Å²) < 4.78 is 0. The first-order valence-electron chi connectivity index (χ1n) is 7.34. The van der Waals surface area contributed by atoms with Gasteiger partial charge in [-0.05, 0) is 43.4 Å². The number of nitrogens with one attached hydrogen (secondary N) is 1. The van der Waals surface area contributed by atoms with Crippen molar-refractivity contribution in [1.82, 2.24) is 5.32 Å². The molecule has 1 aliphatic carbocycles. The highest BCUT2D eigenvalue weighted by Crippen LogP contribution is 2.26. The monoisotopic (exact) mass is 289 g/mol. The number of nitrogens with zero attached hydrogens (tertiary/aromatic N) is 1. The third-order valence-electron chi connectivity index (χ3n) is 4.29. The van der Waals surface area contributed by atoms with Gasteiger partial charge in [-0.15, -0.1) is 0 Å². The van der Waals surface area contributed by atoms with Crippen molar-refractivity contribution in [1.29, 1.82) is 0 Å². The van der Waals surface area contributed by atoms with Gasteiger partial charge in [0.25, 0.3) is 0 Å². The van der Waals surface area contributed by atoms with E-state index in [4.69, 9.17) is 10.9 Å². The van der Waals surface area contributed by atoms with Crippen molar-refractivity contribution in [3.8, 4) is 0 Å². The number of amidine groups is 1. The second-order valence-electron chi connectivity index (χ2n) is 5.83. The fourth-order valence-electron chi connectivity index (χ4n) is 2.92. The van der Waals surface area contributed by atoms with Crippen LogP contribution in [0, 0.1) is 19.8 Å². The van der Waals surface area contributed by atoms with Gasteiger partial charge in [-0.3, -0.25) is 4.79 Å². The van der Waals surface area contributed by atoms with Crippen LogP contribution in [0.3, 0.4) is 0 Å². The van der Waals surface area contributed by atoms with E-state index in [1.807, 2.05) is 25.1 Å². The van der Waals surface area contributed by atoms with E-state index < -0.39 is 0 Å². The van der Waals surface area contributed by atoms with Crippen LogP contribution in [0.25, 0.3) is 0 Å². The van der Waals surface area contributed by atoms with Crippen molar-refractivity contribution in [2.45, 2.75) is 45.6 Å². The number of oxime groups is 1. The normalized spacial score (nSPS) is 22.3. The van der Waals surface area contributed by atoms with E-state index in [1.165, 1.54) is 11.1 Å². The van der Waals surface area contributed by atoms with E-state index in [0.29, 0.717) is 6.42 Å². The maximum atomic E-state index is 12.2. The summed E-state index contributed by atoms with van der Waals surface area (Å²) in [6, 6.07) is 6.04. The minimum atomic E-state index is -0.0568. The molecule has 1 amide bonds. The lowest BCUT2D eigenvalue weighted by Crippen LogP contribution is -2.43. The SMILES string of the molecule is Cc1ccc(CC(=O)NC2CCCC2C(N)=NO)cc1C. The van der Waals surface area contributed by atoms with Crippen molar-refractivity contribution in [3.63, 3.8) is 0 Å². The van der Waals surface area contributed by atoms with E-state index >= 15 is 0 Å². The highest BCUT2D eigenvalue weighted by molar-refractivity contribution is 5.85. The number of hydrogen-bond acceptors (Lipinski definition) is 3. The minimum absolute atomic E-state index is 0.0131. The average Bonchev–Trinajstić information content (AvgIpc) is 2.90. The van der Waals surface area contributed by atoms with E-state index in [9.17, 15) is 4.79 Å². The summed E-state index contributed by atoms with van der Waals surface area (Å²) in [6.45, 7) is 4.10. The Morgan fingerprint density at radius 3 is 2.81 bits per heavy atom. The molecule has 5 heteroatoms. The van der Waals surface area contributed by atoms with Crippen molar-refractivity contribution >= 4 is 11.7 Å². The Morgan fingerprint density at radius 1 is 1.38 bits per heavy atom. The summed E-state index contributed by atoms with van der Waals surface area (Å²) in [5.41, 5.74) is 9.10. The van der Waals surface area contributed by atoms with Gasteiger partial charge in [-0.1, -0.05) is 29.8 Å². The summed E-state index contributed by atoms with van der Waals surface area (Å²) in [5, 5.41) is 14.9. The quantitative estimate of drug-likeness (QED) is 0.342. The van der Waals surface area contributed by atoms with Gasteiger partial charge in [0.2, 0.25) is 5.91 Å². The number of benzene rings is 1. The van der Waals surface area contributed by atoms with Gasteiger partial charge in [0, 0.05) is 12.0 Å². The third-order valence-corrected chi connectivity index (χ3v) is 4.29. The molecule has 2 atom stereocenters. The number of rotatable bonds is 4. The molecule has 1 aromatic carbocycles. The van der Waals surface area contributed by atoms with Crippen LogP contribution in [-0.4, -0.2) is 23.0 Å². The van der Waals surface area contributed by atoms with Crippen LogP contribution in [0.15, 0.2) is 23.4 Å². The molecule has 0 saturated heterocycles. The van der Waals surface area contributed by atoms with Crippen LogP contribution in [0.1, 0.15) is 36.0 Å². The Balaban J connectivity index is 1.96. The Bertz CT molecular complexity index is 554. The van der Waals surface area contributed by atoms with E-state index in [-0.39, 0.29) is 23.7 Å². The first-order chi connectivity index (χ1) is 10.0. The van der Waals surface area contributed by atoms with Gasteiger partial charge >= 0.3 is 0 Å². The number of nitrogens with two attached hydrogens (primary N) is 1. The Hall–Kier alpha value is -2.04. The van der Waals surface area contributed by atoms with E-state index in [0.717, 1.165) is 24.8 Å². The maximum Gasteiger partial charge on any atom is 0.224 e. The van der Waals surface area contributed by atoms with Crippen molar-refractivity contribution in [3.05, 3.63) is 34.9 Å². The number of amides is 1. The van der Waals surface area contributed by atoms with Crippen LogP contribution < -0.4 is 11.1 Å². The van der Waals surface area contributed by atoms with E-state index in [1.54, 1.807) is 0 Å². The lowest BCUT2D eigenvalue weighted by molar-refractivity contribution is -0.121. The van der Waals surface area contributed by atoms with E-state index in [2.05, 4.69) is 17.4 Å². The molecule has 0 radical (unpaired) electrons. The molecule has 1 aromatic rings. The molecular formula is C16H23N3O2. The van der Waals surface area contributed by atoms with Crippen LogP contribution in [0.2, 0.25) is 0 Å². The second-order valence-corrected chi connectivity index (χ2v) is 5.83. The van der Waals surface area contributed by atoms with Gasteiger partial charge < -0.3 is 16.3 Å². The first-order valence-corrected chi connectivity index (χ1v) is 7.34. The zero-order valence-electron chi connectivity index (χ0n) is 12.6. The van der Waals surface area contributed by atoms with Gasteiger partial charge in [0.15, 0.2) is 0 Å². The molecule has 0 bridgehead atoms. The number of carbonyl (C=O) groups is 1. The molecule has 1 saturated carbocycles. The number of hydrogen-bond donors (Lipinski definition) is 3. The molecule has 0 spiro atoms. The molecule has 114 valence electrons. The molecule has 4 N–H and O–H groups in total. The first kappa shape index (κ1) is 15.4. The maximum absolute atomic E-state index is 12.2. The lowest BCUT2D eigenvalue weighted by atomic mass is 10.0. The van der Waals surface area contributed by atoms with Gasteiger partial charge in [-0.2, -0.15) is 0 Å². The molecule has 0 aliphatic heterocycles. The molecule has 2 unspecified atom stereocenters. The molecule has 2 rings (SSSR count). The summed E-state index contributed by atoms with van der Waals surface area (Å²) in [4.78, 5) is 12.2. The smallest absolute Gasteiger partial charge is 0.224 e. The van der Waals surface area contributed by atoms with Crippen molar-refractivity contribution < 1.29 is 10.0 Å². The molecule has 21 heavy (non-hydrogen) atoms. The lowest BCUT2D eigenvalue weighted by Gasteiger charge is -2.20. The summed E-state index contributed by atoms with van der Waals surface area (Å²) in [5.74, 6) is 0.142. The Labute approximate surface area is 125 Å². The minimum Gasteiger partial charge on any atom is -0.409 e. The average molecular weight is 289 g/mol. The number of carbonyl (C=O) groups excluding carboxylic acids is 1. The summed E-state index contributed by atoms with van der Waals surface area (Å²) >= 11 is 0. The molecular weight excluding hydrogens is 266 g/mol. The Morgan fingerprint density at radius 2 is 2.14 bits per heavy atom. The predicted molar refractivity (Wildman–Crippen MR) is 82.3 cm³/mol. The second kappa shape index (κ2) is 6.61. The van der Waals surface area contributed by atoms with Gasteiger partial charge in [0.05, 0.1) is 6.42 Å². The highest BCUT2D eigenvalue weighted by atomic mass is 16.4. The largest absolute Gasteiger partial charge is 0.409 e. The summed E-state index contributed by atoms with van der Waals surface area (Å²) in [7, 11) is 0. The predicted octanol–water partition coefficient (Wildman–Crippen LogP) is 1.88. The fourth-order valence-corrected chi connectivity index (χ4v) is 2.92. The molecule has 0 heterocycles. The number of aryl methyl sites for hydroxylation is 2. The molecule has 0 aromatic heterocycles. The van der Waals surface area contributed by atoms with Crippen LogP contribution in [0.5, 0.6) is 0 Å². The zero-order valence-corrected chi connectivity index (χ0v) is 12.6. The third kappa shape index (κ3) is 3.74. The Kier molecular flexibility index (Phi) is 4.83. The van der Waals surface area contributed by atoms with Crippen LogP contribution in [-0.2, 0) is 11.2 Å². The molecule has 5 nitrogen and oxygen atoms in total. The van der Waals surface area contributed by atoms with Crippen molar-refractivity contribution in [2.24, 2.45) is 16.8 Å². The van der Waals surface area contributed by atoms with Crippen molar-refractivity contribution in [2.75, 3.05) is 0 Å².